The normalized spacial score (nSPS) is 19.1. The molecule has 0 saturated heterocycles. The van der Waals surface area contributed by atoms with Gasteiger partial charge in [0.15, 0.2) is 0 Å². The fourth-order valence-corrected chi connectivity index (χ4v) is 4.80. The summed E-state index contributed by atoms with van der Waals surface area (Å²) in [5.41, 5.74) is 0.399. The Hall–Kier alpha value is 0.500. The molecule has 0 heterocycles. The van der Waals surface area contributed by atoms with E-state index in [0.29, 0.717) is 15.5 Å². The number of halogens is 2. The van der Waals surface area contributed by atoms with E-state index in [9.17, 15) is 0 Å². The average molecular weight is 335 g/mol. The van der Waals surface area contributed by atoms with Gasteiger partial charge in [-0.15, -0.1) is 11.8 Å². The van der Waals surface area contributed by atoms with Crippen molar-refractivity contribution in [1.82, 2.24) is 0 Å². The smallest absolute Gasteiger partial charge is 0.0603 e. The lowest BCUT2D eigenvalue weighted by Gasteiger charge is -2.30. The van der Waals surface area contributed by atoms with Crippen LogP contribution in [0.4, 0.5) is 0 Å². The van der Waals surface area contributed by atoms with Crippen LogP contribution in [0.15, 0.2) is 23.1 Å². The van der Waals surface area contributed by atoms with E-state index in [1.54, 1.807) is 0 Å². The number of hydrogen-bond acceptors (Lipinski definition) is 2. The molecule has 0 unspecified atom stereocenters. The SMILES string of the molecule is SCC1(CSc2ccc(Cl)c(Cl)c2)CCCCCC1. The topological polar surface area (TPSA) is 0 Å². The van der Waals surface area contributed by atoms with Crippen molar-refractivity contribution >= 4 is 47.6 Å². The second-order valence-corrected chi connectivity index (χ2v) is 7.62. The number of thiol groups is 1. The van der Waals surface area contributed by atoms with Gasteiger partial charge in [-0.25, -0.2) is 0 Å². The lowest BCUT2D eigenvalue weighted by atomic mass is 9.84. The molecule has 2 rings (SSSR count). The van der Waals surface area contributed by atoms with Crippen molar-refractivity contribution in [3.05, 3.63) is 28.2 Å². The first-order chi connectivity index (χ1) is 9.15. The molecular formula is C15H20Cl2S2. The Labute approximate surface area is 136 Å². The molecular weight excluding hydrogens is 315 g/mol. The Balaban J connectivity index is 2.00. The quantitative estimate of drug-likeness (QED) is 0.380. The van der Waals surface area contributed by atoms with Gasteiger partial charge in [-0.3, -0.25) is 0 Å². The van der Waals surface area contributed by atoms with Gasteiger partial charge in [-0.2, -0.15) is 12.6 Å². The monoisotopic (exact) mass is 334 g/mol. The second-order valence-electron chi connectivity index (χ2n) is 5.44. The summed E-state index contributed by atoms with van der Waals surface area (Å²) in [7, 11) is 0. The van der Waals surface area contributed by atoms with Gasteiger partial charge in [0.2, 0.25) is 0 Å². The summed E-state index contributed by atoms with van der Waals surface area (Å²) in [4.78, 5) is 1.21. The minimum atomic E-state index is 0.399. The molecule has 1 aromatic carbocycles. The highest BCUT2D eigenvalue weighted by molar-refractivity contribution is 7.99. The largest absolute Gasteiger partial charge is 0.179 e. The summed E-state index contributed by atoms with van der Waals surface area (Å²) in [6.45, 7) is 0. The molecule has 4 heteroatoms. The van der Waals surface area contributed by atoms with Crippen molar-refractivity contribution in [2.75, 3.05) is 11.5 Å². The number of rotatable bonds is 4. The highest BCUT2D eigenvalue weighted by Crippen LogP contribution is 2.41. The van der Waals surface area contributed by atoms with Gasteiger partial charge in [-0.05, 0) is 42.2 Å². The number of thioether (sulfide) groups is 1. The van der Waals surface area contributed by atoms with E-state index in [-0.39, 0.29) is 0 Å². The average Bonchev–Trinajstić information content (AvgIpc) is 2.66. The van der Waals surface area contributed by atoms with Gasteiger partial charge in [0.25, 0.3) is 0 Å². The van der Waals surface area contributed by atoms with Crippen LogP contribution in [0.3, 0.4) is 0 Å². The number of hydrogen-bond donors (Lipinski definition) is 1. The van der Waals surface area contributed by atoms with Crippen LogP contribution in [0.1, 0.15) is 38.5 Å². The lowest BCUT2D eigenvalue weighted by Crippen LogP contribution is -2.25. The van der Waals surface area contributed by atoms with E-state index in [0.717, 1.165) is 11.5 Å². The molecule has 1 aliphatic carbocycles. The minimum Gasteiger partial charge on any atom is -0.179 e. The maximum Gasteiger partial charge on any atom is 0.0603 e. The third-order valence-corrected chi connectivity index (χ3v) is 6.69. The fourth-order valence-electron chi connectivity index (χ4n) is 2.63. The summed E-state index contributed by atoms with van der Waals surface area (Å²) >= 11 is 18.5. The summed E-state index contributed by atoms with van der Waals surface area (Å²) in [5.74, 6) is 2.12. The molecule has 0 spiro atoms. The molecule has 1 aromatic rings. The fraction of sp³-hybridized carbons (Fsp3) is 0.600. The summed E-state index contributed by atoms with van der Waals surface area (Å²) < 4.78 is 0. The first-order valence-corrected chi connectivity index (χ1v) is 9.21. The highest BCUT2D eigenvalue weighted by atomic mass is 35.5. The van der Waals surface area contributed by atoms with Crippen LogP contribution < -0.4 is 0 Å². The second kappa shape index (κ2) is 7.49. The third-order valence-electron chi connectivity index (χ3n) is 3.94. The minimum absolute atomic E-state index is 0.399. The van der Waals surface area contributed by atoms with Gasteiger partial charge < -0.3 is 0 Å². The van der Waals surface area contributed by atoms with Crippen molar-refractivity contribution in [3.63, 3.8) is 0 Å². The van der Waals surface area contributed by atoms with Crippen LogP contribution >= 0.6 is 47.6 Å². The maximum atomic E-state index is 6.07. The third kappa shape index (κ3) is 4.49. The van der Waals surface area contributed by atoms with E-state index in [4.69, 9.17) is 23.2 Å². The van der Waals surface area contributed by atoms with Crippen molar-refractivity contribution in [2.24, 2.45) is 5.41 Å². The van der Waals surface area contributed by atoms with Crippen LogP contribution in [-0.4, -0.2) is 11.5 Å². The Morgan fingerprint density at radius 2 is 1.74 bits per heavy atom. The zero-order chi connectivity index (χ0) is 13.7. The summed E-state index contributed by atoms with van der Waals surface area (Å²) in [5, 5.41) is 1.27. The first-order valence-electron chi connectivity index (χ1n) is 6.84. The van der Waals surface area contributed by atoms with E-state index < -0.39 is 0 Å². The van der Waals surface area contributed by atoms with Crippen LogP contribution in [-0.2, 0) is 0 Å². The Morgan fingerprint density at radius 1 is 1.05 bits per heavy atom. The Morgan fingerprint density at radius 3 is 2.32 bits per heavy atom. The predicted octanol–water partition coefficient (Wildman–Crippen LogP) is 6.36. The molecule has 0 atom stereocenters. The predicted molar refractivity (Wildman–Crippen MR) is 91.2 cm³/mol. The Kier molecular flexibility index (Phi) is 6.26. The van der Waals surface area contributed by atoms with Crippen LogP contribution in [0.25, 0.3) is 0 Å². The maximum absolute atomic E-state index is 6.07. The van der Waals surface area contributed by atoms with Gasteiger partial charge in [0.05, 0.1) is 10.0 Å². The summed E-state index contributed by atoms with van der Waals surface area (Å²) in [6.07, 6.45) is 8.08. The zero-order valence-corrected chi connectivity index (χ0v) is 14.2. The molecule has 0 amide bonds. The van der Waals surface area contributed by atoms with Crippen molar-refractivity contribution in [1.29, 1.82) is 0 Å². The van der Waals surface area contributed by atoms with Crippen LogP contribution in [0, 0.1) is 5.41 Å². The molecule has 19 heavy (non-hydrogen) atoms. The van der Waals surface area contributed by atoms with Gasteiger partial charge in [0.1, 0.15) is 0 Å². The van der Waals surface area contributed by atoms with Crippen molar-refractivity contribution < 1.29 is 0 Å². The zero-order valence-electron chi connectivity index (χ0n) is 11.0. The Bertz CT molecular complexity index is 413. The van der Waals surface area contributed by atoms with Crippen molar-refractivity contribution in [3.8, 4) is 0 Å². The first kappa shape index (κ1) is 15.9. The van der Waals surface area contributed by atoms with E-state index >= 15 is 0 Å². The van der Waals surface area contributed by atoms with Crippen LogP contribution in [0.2, 0.25) is 10.0 Å². The lowest BCUT2D eigenvalue weighted by molar-refractivity contribution is 0.332. The highest BCUT2D eigenvalue weighted by Gasteiger charge is 2.29. The van der Waals surface area contributed by atoms with E-state index in [1.807, 2.05) is 23.9 Å². The molecule has 0 aliphatic heterocycles. The summed E-state index contributed by atoms with van der Waals surface area (Å²) in [6, 6.07) is 5.91. The van der Waals surface area contributed by atoms with Gasteiger partial charge in [-0.1, -0.05) is 48.9 Å². The molecule has 0 aromatic heterocycles. The van der Waals surface area contributed by atoms with Gasteiger partial charge in [0, 0.05) is 10.6 Å². The number of benzene rings is 1. The standard InChI is InChI=1S/C15H20Cl2S2/c16-13-6-5-12(9-14(13)17)19-11-15(10-18)7-3-1-2-4-8-15/h5-6,9,18H,1-4,7-8,10-11H2. The van der Waals surface area contributed by atoms with E-state index in [2.05, 4.69) is 18.7 Å². The van der Waals surface area contributed by atoms with Gasteiger partial charge >= 0.3 is 0 Å². The molecule has 1 fully saturated rings. The molecule has 106 valence electrons. The molecule has 0 bridgehead atoms. The van der Waals surface area contributed by atoms with E-state index in [1.165, 1.54) is 43.4 Å². The van der Waals surface area contributed by atoms with Crippen molar-refractivity contribution in [2.45, 2.75) is 43.4 Å². The molecule has 0 nitrogen and oxygen atoms in total. The van der Waals surface area contributed by atoms with Crippen LogP contribution in [0.5, 0.6) is 0 Å². The molecule has 1 saturated carbocycles. The molecule has 1 aliphatic rings. The molecule has 0 N–H and O–H groups in total. The molecule has 0 radical (unpaired) electrons.